The lowest BCUT2D eigenvalue weighted by Gasteiger charge is -2.37. The van der Waals surface area contributed by atoms with Crippen LogP contribution in [0.25, 0.3) is 0 Å². The van der Waals surface area contributed by atoms with Crippen LogP contribution in [0.5, 0.6) is 5.75 Å². The first-order chi connectivity index (χ1) is 14.1. The maximum absolute atomic E-state index is 12.8. The van der Waals surface area contributed by atoms with Crippen molar-refractivity contribution in [3.8, 4) is 5.75 Å². The van der Waals surface area contributed by atoms with Crippen molar-refractivity contribution in [2.75, 3.05) is 38.7 Å². The molecule has 0 unspecified atom stereocenters. The predicted octanol–water partition coefficient (Wildman–Crippen LogP) is 2.32. The van der Waals surface area contributed by atoms with Crippen LogP contribution in [0.3, 0.4) is 0 Å². The first kappa shape index (κ1) is 19.4. The van der Waals surface area contributed by atoms with Gasteiger partial charge < -0.3 is 24.4 Å². The van der Waals surface area contributed by atoms with Crippen LogP contribution in [0.15, 0.2) is 42.5 Å². The van der Waals surface area contributed by atoms with E-state index in [1.54, 1.807) is 54.5 Å². The standard InChI is InChI=1S/C21H23N3O5/c1-27-16-7-5-15(6-8-16)22-19(25)17-3-2-4-18(23-17)20(26)24-11-9-21(10-12-24)28-13-14-29-21/h2-8H,9-14H2,1H3,(H,22,25). The molecule has 1 spiro atoms. The summed E-state index contributed by atoms with van der Waals surface area (Å²) in [5.41, 5.74) is 1.05. The van der Waals surface area contributed by atoms with E-state index < -0.39 is 5.79 Å². The van der Waals surface area contributed by atoms with Gasteiger partial charge in [0.2, 0.25) is 0 Å². The maximum Gasteiger partial charge on any atom is 0.274 e. The second kappa shape index (κ2) is 8.18. The van der Waals surface area contributed by atoms with Gasteiger partial charge in [-0.2, -0.15) is 0 Å². The van der Waals surface area contributed by atoms with E-state index in [0.717, 1.165) is 0 Å². The molecule has 2 saturated heterocycles. The van der Waals surface area contributed by atoms with E-state index in [0.29, 0.717) is 50.6 Å². The van der Waals surface area contributed by atoms with E-state index in [-0.39, 0.29) is 23.2 Å². The first-order valence-electron chi connectivity index (χ1n) is 9.58. The number of piperidine rings is 1. The average molecular weight is 397 g/mol. The lowest BCUT2D eigenvalue weighted by molar-refractivity contribution is -0.181. The zero-order valence-corrected chi connectivity index (χ0v) is 16.2. The molecule has 4 rings (SSSR count). The maximum atomic E-state index is 12.8. The van der Waals surface area contributed by atoms with Crippen molar-refractivity contribution in [3.63, 3.8) is 0 Å². The molecule has 152 valence electrons. The summed E-state index contributed by atoms with van der Waals surface area (Å²) in [6.45, 7) is 2.26. The quantitative estimate of drug-likeness (QED) is 0.852. The summed E-state index contributed by atoms with van der Waals surface area (Å²) in [4.78, 5) is 31.4. The third-order valence-electron chi connectivity index (χ3n) is 5.17. The van der Waals surface area contributed by atoms with Crippen LogP contribution in [0.2, 0.25) is 0 Å². The molecule has 1 N–H and O–H groups in total. The highest BCUT2D eigenvalue weighted by molar-refractivity contribution is 6.03. The summed E-state index contributed by atoms with van der Waals surface area (Å²) in [5.74, 6) is -0.415. The third kappa shape index (κ3) is 4.23. The minimum Gasteiger partial charge on any atom is -0.497 e. The number of pyridine rings is 1. The number of aromatic nitrogens is 1. The highest BCUT2D eigenvalue weighted by Crippen LogP contribution is 2.31. The van der Waals surface area contributed by atoms with E-state index in [1.807, 2.05) is 0 Å². The van der Waals surface area contributed by atoms with E-state index >= 15 is 0 Å². The SMILES string of the molecule is COc1ccc(NC(=O)c2cccc(C(=O)N3CCC4(CC3)OCCO4)n2)cc1. The molecule has 0 saturated carbocycles. The molecule has 8 heteroatoms. The number of rotatable bonds is 4. The third-order valence-corrected chi connectivity index (χ3v) is 5.17. The van der Waals surface area contributed by atoms with E-state index in [9.17, 15) is 9.59 Å². The monoisotopic (exact) mass is 397 g/mol. The topological polar surface area (TPSA) is 90.0 Å². The van der Waals surface area contributed by atoms with Gasteiger partial charge >= 0.3 is 0 Å². The number of hydrogen-bond acceptors (Lipinski definition) is 6. The fourth-order valence-electron chi connectivity index (χ4n) is 3.55. The Morgan fingerprint density at radius 3 is 2.34 bits per heavy atom. The van der Waals surface area contributed by atoms with Crippen LogP contribution in [0.1, 0.15) is 33.8 Å². The molecule has 0 bridgehead atoms. The molecular weight excluding hydrogens is 374 g/mol. The van der Waals surface area contributed by atoms with Crippen LogP contribution in [-0.2, 0) is 9.47 Å². The van der Waals surface area contributed by atoms with Crippen molar-refractivity contribution in [2.45, 2.75) is 18.6 Å². The lowest BCUT2D eigenvalue weighted by atomic mass is 10.0. The average Bonchev–Trinajstić information content (AvgIpc) is 3.22. The van der Waals surface area contributed by atoms with Gasteiger partial charge in [-0.05, 0) is 36.4 Å². The molecule has 2 amide bonds. The Kier molecular flexibility index (Phi) is 5.46. The summed E-state index contributed by atoms with van der Waals surface area (Å²) in [5, 5.41) is 2.77. The van der Waals surface area contributed by atoms with Crippen LogP contribution in [0, 0.1) is 0 Å². The summed E-state index contributed by atoms with van der Waals surface area (Å²) in [7, 11) is 1.58. The number of carbonyl (C=O) groups is 2. The Morgan fingerprint density at radius 1 is 1.03 bits per heavy atom. The minimum atomic E-state index is -0.537. The number of likely N-dealkylation sites (tertiary alicyclic amines) is 1. The van der Waals surface area contributed by atoms with Gasteiger partial charge in [0.1, 0.15) is 17.1 Å². The van der Waals surface area contributed by atoms with Gasteiger partial charge in [0.15, 0.2) is 5.79 Å². The van der Waals surface area contributed by atoms with Crippen molar-refractivity contribution in [1.29, 1.82) is 0 Å². The number of anilines is 1. The molecular formula is C21H23N3O5. The van der Waals surface area contributed by atoms with Gasteiger partial charge in [-0.25, -0.2) is 4.98 Å². The van der Waals surface area contributed by atoms with Crippen molar-refractivity contribution in [2.24, 2.45) is 0 Å². The molecule has 2 aliphatic rings. The molecule has 2 aliphatic heterocycles. The summed E-state index contributed by atoms with van der Waals surface area (Å²) < 4.78 is 16.5. The van der Waals surface area contributed by atoms with Crippen molar-refractivity contribution in [1.82, 2.24) is 9.88 Å². The zero-order valence-electron chi connectivity index (χ0n) is 16.2. The highest BCUT2D eigenvalue weighted by Gasteiger charge is 2.41. The number of ether oxygens (including phenoxy) is 3. The predicted molar refractivity (Wildman–Crippen MR) is 105 cm³/mol. The van der Waals surface area contributed by atoms with Crippen molar-refractivity contribution >= 4 is 17.5 Å². The molecule has 0 radical (unpaired) electrons. The Balaban J connectivity index is 1.41. The number of hydrogen-bond donors (Lipinski definition) is 1. The molecule has 2 aromatic rings. The first-order valence-corrected chi connectivity index (χ1v) is 9.58. The smallest absolute Gasteiger partial charge is 0.274 e. The Morgan fingerprint density at radius 2 is 1.69 bits per heavy atom. The molecule has 1 aromatic carbocycles. The molecule has 2 fully saturated rings. The second-order valence-corrected chi connectivity index (χ2v) is 6.99. The zero-order chi connectivity index (χ0) is 20.3. The number of amides is 2. The molecule has 0 aliphatic carbocycles. The van der Waals surface area contributed by atoms with Gasteiger partial charge in [0.05, 0.1) is 20.3 Å². The largest absolute Gasteiger partial charge is 0.497 e. The van der Waals surface area contributed by atoms with Crippen LogP contribution >= 0.6 is 0 Å². The van der Waals surface area contributed by atoms with E-state index in [1.165, 1.54) is 0 Å². The molecule has 8 nitrogen and oxygen atoms in total. The van der Waals surface area contributed by atoms with Gasteiger partial charge in [-0.3, -0.25) is 9.59 Å². The van der Waals surface area contributed by atoms with Crippen molar-refractivity contribution in [3.05, 3.63) is 53.9 Å². The normalized spacial score (nSPS) is 17.9. The summed E-state index contributed by atoms with van der Waals surface area (Å²) in [6, 6.07) is 11.9. The van der Waals surface area contributed by atoms with Gasteiger partial charge in [-0.15, -0.1) is 0 Å². The number of methoxy groups -OCH3 is 1. The Labute approximate surface area is 168 Å². The molecule has 0 atom stereocenters. The summed E-state index contributed by atoms with van der Waals surface area (Å²) >= 11 is 0. The van der Waals surface area contributed by atoms with Crippen LogP contribution < -0.4 is 10.1 Å². The fourth-order valence-corrected chi connectivity index (χ4v) is 3.55. The van der Waals surface area contributed by atoms with Gasteiger partial charge in [-0.1, -0.05) is 6.07 Å². The molecule has 29 heavy (non-hydrogen) atoms. The van der Waals surface area contributed by atoms with Crippen LogP contribution in [0.4, 0.5) is 5.69 Å². The number of nitrogens with zero attached hydrogens (tertiary/aromatic N) is 2. The van der Waals surface area contributed by atoms with E-state index in [2.05, 4.69) is 10.3 Å². The number of carbonyl (C=O) groups excluding carboxylic acids is 2. The molecule has 1 aromatic heterocycles. The summed E-state index contributed by atoms with van der Waals surface area (Å²) in [6.07, 6.45) is 1.27. The second-order valence-electron chi connectivity index (χ2n) is 6.99. The number of benzene rings is 1. The highest BCUT2D eigenvalue weighted by atomic mass is 16.7. The van der Waals surface area contributed by atoms with Gasteiger partial charge in [0, 0.05) is 31.6 Å². The van der Waals surface area contributed by atoms with Crippen LogP contribution in [-0.4, -0.2) is 60.9 Å². The number of nitrogens with one attached hydrogen (secondary N) is 1. The fraction of sp³-hybridized carbons (Fsp3) is 0.381. The lowest BCUT2D eigenvalue weighted by Crippen LogP contribution is -2.47. The molecule has 3 heterocycles. The Bertz CT molecular complexity index is 883. The van der Waals surface area contributed by atoms with E-state index in [4.69, 9.17) is 14.2 Å². The van der Waals surface area contributed by atoms with Gasteiger partial charge in [0.25, 0.3) is 11.8 Å². The van der Waals surface area contributed by atoms with Crippen molar-refractivity contribution < 1.29 is 23.8 Å². The Hall–Kier alpha value is -2.97. The minimum absolute atomic E-state index is 0.183.